The number of nitrogens with zero attached hydrogens (tertiary/aromatic N) is 1. The van der Waals surface area contributed by atoms with Gasteiger partial charge in [0.1, 0.15) is 0 Å². The first-order valence-electron chi connectivity index (χ1n) is 9.16. The number of piperidine rings is 1. The van der Waals surface area contributed by atoms with E-state index in [9.17, 15) is 4.79 Å². The molecule has 3 aliphatic rings. The molecule has 0 bridgehead atoms. The number of rotatable bonds is 4. The molecule has 142 valence electrons. The minimum atomic E-state index is 0. The third kappa shape index (κ3) is 6.91. The highest BCUT2D eigenvalue weighted by molar-refractivity contribution is 7.99. The molecule has 1 amide bonds. The molecule has 0 spiro atoms. The second kappa shape index (κ2) is 11.8. The summed E-state index contributed by atoms with van der Waals surface area (Å²) < 4.78 is 0. The van der Waals surface area contributed by atoms with Crippen LogP contribution in [-0.4, -0.2) is 60.1 Å². The summed E-state index contributed by atoms with van der Waals surface area (Å²) in [5.41, 5.74) is 0. The molecule has 3 fully saturated rings. The fourth-order valence-electron chi connectivity index (χ4n) is 4.12. The molecule has 2 saturated heterocycles. The fraction of sp³-hybridized carbons (Fsp3) is 0.941. The van der Waals surface area contributed by atoms with Gasteiger partial charge in [0.15, 0.2) is 0 Å². The normalized spacial score (nSPS) is 26.9. The van der Waals surface area contributed by atoms with Crippen molar-refractivity contribution in [2.45, 2.75) is 69.5 Å². The van der Waals surface area contributed by atoms with Gasteiger partial charge in [-0.15, -0.1) is 24.8 Å². The van der Waals surface area contributed by atoms with Crippen molar-refractivity contribution in [1.29, 1.82) is 0 Å². The molecule has 7 heteroatoms. The van der Waals surface area contributed by atoms with Crippen LogP contribution in [0.5, 0.6) is 0 Å². The number of thioether (sulfide) groups is 1. The lowest BCUT2D eigenvalue weighted by atomic mass is 9.92. The van der Waals surface area contributed by atoms with Crippen LogP contribution in [0.4, 0.5) is 0 Å². The van der Waals surface area contributed by atoms with E-state index in [0.29, 0.717) is 18.5 Å². The molecule has 0 radical (unpaired) electrons. The Hall–Kier alpha value is 0.320. The number of nitrogens with one attached hydrogen (secondary N) is 2. The molecule has 1 saturated carbocycles. The number of likely N-dealkylation sites (tertiary alicyclic amines) is 1. The Balaban J connectivity index is 0.00000144. The highest BCUT2D eigenvalue weighted by Crippen LogP contribution is 2.25. The highest BCUT2D eigenvalue weighted by Gasteiger charge is 2.27. The topological polar surface area (TPSA) is 44.4 Å². The summed E-state index contributed by atoms with van der Waals surface area (Å²) >= 11 is 1.96. The van der Waals surface area contributed by atoms with E-state index >= 15 is 0 Å². The second-order valence-corrected chi connectivity index (χ2v) is 8.25. The molecule has 1 unspecified atom stereocenters. The fourth-order valence-corrected chi connectivity index (χ4v) is 5.07. The molecule has 3 rings (SSSR count). The summed E-state index contributed by atoms with van der Waals surface area (Å²) in [6.45, 7) is 3.39. The lowest BCUT2D eigenvalue weighted by Crippen LogP contribution is -2.49. The van der Waals surface area contributed by atoms with Gasteiger partial charge in [0.2, 0.25) is 5.91 Å². The first kappa shape index (κ1) is 22.4. The summed E-state index contributed by atoms with van der Waals surface area (Å²) in [6, 6.07) is 1.61. The van der Waals surface area contributed by atoms with E-state index in [1.165, 1.54) is 50.9 Å². The summed E-state index contributed by atoms with van der Waals surface area (Å²) in [7, 11) is 0. The summed E-state index contributed by atoms with van der Waals surface area (Å²) in [5, 5.41) is 6.72. The zero-order valence-corrected chi connectivity index (χ0v) is 17.0. The Bertz CT molecular complexity index is 356. The molecule has 2 N–H and O–H groups in total. The van der Waals surface area contributed by atoms with Crippen molar-refractivity contribution in [1.82, 2.24) is 15.5 Å². The van der Waals surface area contributed by atoms with Crippen LogP contribution in [-0.2, 0) is 4.79 Å². The smallest absolute Gasteiger partial charge is 0.221 e. The number of carbonyl (C=O) groups is 1. The van der Waals surface area contributed by atoms with E-state index in [2.05, 4.69) is 15.5 Å². The Morgan fingerprint density at radius 1 is 1.08 bits per heavy atom. The van der Waals surface area contributed by atoms with Crippen LogP contribution in [0, 0.1) is 0 Å². The monoisotopic (exact) mass is 397 g/mol. The van der Waals surface area contributed by atoms with Gasteiger partial charge >= 0.3 is 0 Å². The van der Waals surface area contributed by atoms with Crippen LogP contribution in [0.15, 0.2) is 0 Å². The molecule has 0 aromatic carbocycles. The minimum Gasteiger partial charge on any atom is -0.353 e. The molecule has 2 aliphatic heterocycles. The maximum atomic E-state index is 12.2. The standard InChI is InChI=1S/C17H31N3OS.2ClH/c21-17(12-15-13-22-11-8-18-15)19-14-6-9-20(10-7-14)16-4-2-1-3-5-16;;/h14-16,18H,1-13H2,(H,19,21);2*1H. The van der Waals surface area contributed by atoms with E-state index in [0.717, 1.165) is 31.2 Å². The van der Waals surface area contributed by atoms with E-state index in [1.54, 1.807) is 0 Å². The Morgan fingerprint density at radius 2 is 1.79 bits per heavy atom. The molecule has 0 aromatic heterocycles. The zero-order valence-electron chi connectivity index (χ0n) is 14.5. The van der Waals surface area contributed by atoms with Gasteiger partial charge in [-0.2, -0.15) is 11.8 Å². The molecule has 2 heterocycles. The Kier molecular flexibility index (Phi) is 11.0. The third-order valence-electron chi connectivity index (χ3n) is 5.42. The first-order valence-corrected chi connectivity index (χ1v) is 10.3. The predicted octanol–water partition coefficient (Wildman–Crippen LogP) is 2.84. The van der Waals surface area contributed by atoms with Crippen molar-refractivity contribution < 1.29 is 4.79 Å². The molecule has 4 nitrogen and oxygen atoms in total. The molecular formula is C17H33Cl2N3OS. The van der Waals surface area contributed by atoms with Crippen LogP contribution < -0.4 is 10.6 Å². The zero-order chi connectivity index (χ0) is 15.2. The Labute approximate surface area is 163 Å². The van der Waals surface area contributed by atoms with Crippen molar-refractivity contribution in [3.63, 3.8) is 0 Å². The third-order valence-corrected chi connectivity index (χ3v) is 6.55. The van der Waals surface area contributed by atoms with Gasteiger partial charge in [-0.25, -0.2) is 0 Å². The van der Waals surface area contributed by atoms with Gasteiger partial charge in [-0.3, -0.25) is 4.79 Å². The lowest BCUT2D eigenvalue weighted by molar-refractivity contribution is -0.122. The SMILES string of the molecule is Cl.Cl.O=C(CC1CSCCN1)NC1CCN(C2CCCCC2)CC1. The number of carbonyl (C=O) groups excluding carboxylic acids is 1. The summed E-state index contributed by atoms with van der Waals surface area (Å²) in [5.74, 6) is 2.50. The number of hydrogen-bond acceptors (Lipinski definition) is 4. The van der Waals surface area contributed by atoms with Crippen LogP contribution in [0.2, 0.25) is 0 Å². The van der Waals surface area contributed by atoms with Crippen molar-refractivity contribution >= 4 is 42.5 Å². The van der Waals surface area contributed by atoms with Crippen molar-refractivity contribution in [3.05, 3.63) is 0 Å². The average molecular weight is 398 g/mol. The van der Waals surface area contributed by atoms with Crippen LogP contribution in [0.1, 0.15) is 51.4 Å². The molecule has 24 heavy (non-hydrogen) atoms. The van der Waals surface area contributed by atoms with Gasteiger partial charge in [0.05, 0.1) is 0 Å². The number of amides is 1. The van der Waals surface area contributed by atoms with Crippen molar-refractivity contribution in [2.75, 3.05) is 31.1 Å². The van der Waals surface area contributed by atoms with Gasteiger partial charge in [-0.05, 0) is 25.7 Å². The molecule has 1 atom stereocenters. The van der Waals surface area contributed by atoms with Crippen molar-refractivity contribution in [3.8, 4) is 0 Å². The Morgan fingerprint density at radius 3 is 2.42 bits per heavy atom. The van der Waals surface area contributed by atoms with E-state index < -0.39 is 0 Å². The van der Waals surface area contributed by atoms with Crippen LogP contribution in [0.3, 0.4) is 0 Å². The largest absolute Gasteiger partial charge is 0.353 e. The maximum Gasteiger partial charge on any atom is 0.221 e. The van der Waals surface area contributed by atoms with Crippen LogP contribution >= 0.6 is 36.6 Å². The quantitative estimate of drug-likeness (QED) is 0.765. The number of hydrogen-bond donors (Lipinski definition) is 2. The van der Waals surface area contributed by atoms with E-state index in [1.807, 2.05) is 11.8 Å². The van der Waals surface area contributed by atoms with Crippen molar-refractivity contribution in [2.24, 2.45) is 0 Å². The van der Waals surface area contributed by atoms with Gasteiger partial charge in [-0.1, -0.05) is 19.3 Å². The van der Waals surface area contributed by atoms with Gasteiger partial charge in [0.25, 0.3) is 0 Å². The molecule has 1 aliphatic carbocycles. The van der Waals surface area contributed by atoms with E-state index in [-0.39, 0.29) is 30.7 Å². The minimum absolute atomic E-state index is 0. The van der Waals surface area contributed by atoms with Gasteiger partial charge < -0.3 is 15.5 Å². The summed E-state index contributed by atoms with van der Waals surface area (Å²) in [6.07, 6.45) is 9.95. The predicted molar refractivity (Wildman–Crippen MR) is 108 cm³/mol. The van der Waals surface area contributed by atoms with E-state index in [4.69, 9.17) is 0 Å². The maximum absolute atomic E-state index is 12.2. The van der Waals surface area contributed by atoms with Crippen LogP contribution in [0.25, 0.3) is 0 Å². The van der Waals surface area contributed by atoms with Gasteiger partial charge in [0, 0.05) is 55.7 Å². The molecular weight excluding hydrogens is 365 g/mol. The number of halogens is 2. The average Bonchev–Trinajstić information content (AvgIpc) is 2.57. The summed E-state index contributed by atoms with van der Waals surface area (Å²) in [4.78, 5) is 14.9. The second-order valence-electron chi connectivity index (χ2n) is 7.10. The molecule has 0 aromatic rings. The first-order chi connectivity index (χ1) is 10.8. The lowest BCUT2D eigenvalue weighted by Gasteiger charge is -2.39. The highest BCUT2D eigenvalue weighted by atomic mass is 35.5.